The van der Waals surface area contributed by atoms with Gasteiger partial charge >= 0.3 is 0 Å². The molecule has 6 heteroatoms. The lowest BCUT2D eigenvalue weighted by Gasteiger charge is -2.26. The zero-order valence-corrected chi connectivity index (χ0v) is 15.4. The molecule has 0 saturated carbocycles. The average Bonchev–Trinajstić information content (AvgIpc) is 2.68. The number of piperidine rings is 1. The number of hydrogen-bond donors (Lipinski definition) is 1. The molecule has 5 nitrogen and oxygen atoms in total. The van der Waals surface area contributed by atoms with E-state index in [0.29, 0.717) is 27.6 Å². The van der Waals surface area contributed by atoms with Gasteiger partial charge in [0.25, 0.3) is 11.8 Å². The van der Waals surface area contributed by atoms with E-state index in [1.165, 1.54) is 13.5 Å². The number of ether oxygens (including phenoxy) is 1. The Hall–Kier alpha value is -2.53. The van der Waals surface area contributed by atoms with Gasteiger partial charge in [0, 0.05) is 29.2 Å². The second kappa shape index (κ2) is 8.23. The molecule has 0 unspecified atom stereocenters. The SMILES string of the molecule is COc1ccc(Cl)cc1NC(=O)c1ccc(C(=O)N2CCCCC2)cc1. The number of benzene rings is 2. The van der Waals surface area contributed by atoms with Crippen LogP contribution in [0.15, 0.2) is 42.5 Å². The predicted molar refractivity (Wildman–Crippen MR) is 102 cm³/mol. The highest BCUT2D eigenvalue weighted by Gasteiger charge is 2.18. The van der Waals surface area contributed by atoms with Gasteiger partial charge in [-0.15, -0.1) is 0 Å². The number of halogens is 1. The summed E-state index contributed by atoms with van der Waals surface area (Å²) in [7, 11) is 1.53. The molecule has 0 bridgehead atoms. The van der Waals surface area contributed by atoms with Crippen molar-refractivity contribution in [1.82, 2.24) is 4.90 Å². The van der Waals surface area contributed by atoms with E-state index in [1.54, 1.807) is 42.5 Å². The van der Waals surface area contributed by atoms with Gasteiger partial charge in [0.05, 0.1) is 12.8 Å². The third-order valence-corrected chi connectivity index (χ3v) is 4.68. The van der Waals surface area contributed by atoms with Gasteiger partial charge < -0.3 is 15.0 Å². The summed E-state index contributed by atoms with van der Waals surface area (Å²) in [4.78, 5) is 26.8. The number of amides is 2. The molecule has 1 aliphatic rings. The van der Waals surface area contributed by atoms with Crippen LogP contribution in [0.2, 0.25) is 5.02 Å². The van der Waals surface area contributed by atoms with Crippen molar-refractivity contribution in [1.29, 1.82) is 0 Å². The minimum absolute atomic E-state index is 0.0215. The van der Waals surface area contributed by atoms with E-state index in [0.717, 1.165) is 25.9 Å². The first-order chi connectivity index (χ1) is 12.6. The molecule has 2 amide bonds. The Morgan fingerprint density at radius 2 is 1.65 bits per heavy atom. The Morgan fingerprint density at radius 3 is 2.31 bits per heavy atom. The minimum Gasteiger partial charge on any atom is -0.495 e. The monoisotopic (exact) mass is 372 g/mol. The largest absolute Gasteiger partial charge is 0.495 e. The fourth-order valence-corrected chi connectivity index (χ4v) is 3.19. The second-order valence-electron chi connectivity index (χ2n) is 6.23. The van der Waals surface area contributed by atoms with Crippen LogP contribution in [0.3, 0.4) is 0 Å². The van der Waals surface area contributed by atoms with Crippen LogP contribution in [-0.4, -0.2) is 36.9 Å². The van der Waals surface area contributed by atoms with Crippen molar-refractivity contribution in [3.05, 3.63) is 58.6 Å². The van der Waals surface area contributed by atoms with E-state index in [9.17, 15) is 9.59 Å². The first-order valence-corrected chi connectivity index (χ1v) is 9.00. The smallest absolute Gasteiger partial charge is 0.255 e. The topological polar surface area (TPSA) is 58.6 Å². The molecule has 0 aromatic heterocycles. The summed E-state index contributed by atoms with van der Waals surface area (Å²) in [5.41, 5.74) is 1.56. The molecular formula is C20H21ClN2O3. The first-order valence-electron chi connectivity index (χ1n) is 8.63. The number of carbonyl (C=O) groups is 2. The highest BCUT2D eigenvalue weighted by Crippen LogP contribution is 2.28. The molecule has 26 heavy (non-hydrogen) atoms. The molecule has 2 aromatic carbocycles. The Kier molecular flexibility index (Phi) is 5.78. The maximum Gasteiger partial charge on any atom is 0.255 e. The lowest BCUT2D eigenvalue weighted by Crippen LogP contribution is -2.35. The number of likely N-dealkylation sites (tertiary alicyclic amines) is 1. The van der Waals surface area contributed by atoms with Crippen LogP contribution in [0.5, 0.6) is 5.75 Å². The van der Waals surface area contributed by atoms with Crippen molar-refractivity contribution in [3.63, 3.8) is 0 Å². The van der Waals surface area contributed by atoms with E-state index in [1.807, 2.05) is 4.90 Å². The lowest BCUT2D eigenvalue weighted by atomic mass is 10.1. The third kappa shape index (κ3) is 4.17. The van der Waals surface area contributed by atoms with Gasteiger partial charge in [-0.25, -0.2) is 0 Å². The minimum atomic E-state index is -0.289. The quantitative estimate of drug-likeness (QED) is 0.873. The van der Waals surface area contributed by atoms with E-state index in [4.69, 9.17) is 16.3 Å². The van der Waals surface area contributed by atoms with Gasteiger partial charge in [-0.3, -0.25) is 9.59 Å². The molecule has 1 saturated heterocycles. The van der Waals surface area contributed by atoms with Gasteiger partial charge in [-0.1, -0.05) is 11.6 Å². The zero-order valence-electron chi connectivity index (χ0n) is 14.6. The molecule has 0 aliphatic carbocycles. The van der Waals surface area contributed by atoms with Crippen LogP contribution in [0.1, 0.15) is 40.0 Å². The second-order valence-corrected chi connectivity index (χ2v) is 6.67. The van der Waals surface area contributed by atoms with Gasteiger partial charge in [0.15, 0.2) is 0 Å². The van der Waals surface area contributed by atoms with Crippen LogP contribution in [0.25, 0.3) is 0 Å². The third-order valence-electron chi connectivity index (χ3n) is 4.45. The first kappa shape index (κ1) is 18.3. The summed E-state index contributed by atoms with van der Waals surface area (Å²) in [6.07, 6.45) is 3.28. The van der Waals surface area contributed by atoms with Gasteiger partial charge in [0.2, 0.25) is 0 Å². The summed E-state index contributed by atoms with van der Waals surface area (Å²) in [6, 6.07) is 11.7. The molecule has 1 fully saturated rings. The molecule has 136 valence electrons. The molecule has 1 N–H and O–H groups in total. The standard InChI is InChI=1S/C20H21ClN2O3/c1-26-18-10-9-16(21)13-17(18)22-19(24)14-5-7-15(8-6-14)20(25)23-11-3-2-4-12-23/h5-10,13H,2-4,11-12H2,1H3,(H,22,24). The van der Waals surface area contributed by atoms with Crippen LogP contribution in [0, 0.1) is 0 Å². The molecule has 0 atom stereocenters. The summed E-state index contributed by atoms with van der Waals surface area (Å²) in [6.45, 7) is 1.60. The summed E-state index contributed by atoms with van der Waals surface area (Å²) >= 11 is 5.98. The van der Waals surface area contributed by atoms with Crippen molar-refractivity contribution in [2.75, 3.05) is 25.5 Å². The molecule has 0 spiro atoms. The highest BCUT2D eigenvalue weighted by molar-refractivity contribution is 6.31. The van der Waals surface area contributed by atoms with Crippen molar-refractivity contribution < 1.29 is 14.3 Å². The van der Waals surface area contributed by atoms with E-state index in [-0.39, 0.29) is 11.8 Å². The predicted octanol–water partition coefficient (Wildman–Crippen LogP) is 4.23. The van der Waals surface area contributed by atoms with E-state index < -0.39 is 0 Å². The molecule has 1 aliphatic heterocycles. The number of rotatable bonds is 4. The molecular weight excluding hydrogens is 352 g/mol. The molecule has 1 heterocycles. The maximum absolute atomic E-state index is 12.5. The Balaban J connectivity index is 1.71. The lowest BCUT2D eigenvalue weighted by molar-refractivity contribution is 0.0724. The van der Waals surface area contributed by atoms with Gasteiger partial charge in [-0.2, -0.15) is 0 Å². The normalized spacial score (nSPS) is 14.0. The summed E-state index contributed by atoms with van der Waals surface area (Å²) in [5.74, 6) is 0.260. The highest BCUT2D eigenvalue weighted by atomic mass is 35.5. The molecule has 0 radical (unpaired) electrons. The van der Waals surface area contributed by atoms with Gasteiger partial charge in [-0.05, 0) is 61.7 Å². The average molecular weight is 373 g/mol. The number of nitrogens with zero attached hydrogens (tertiary/aromatic N) is 1. The van der Waals surface area contributed by atoms with Crippen LogP contribution < -0.4 is 10.1 Å². The van der Waals surface area contributed by atoms with Gasteiger partial charge in [0.1, 0.15) is 5.75 Å². The fraction of sp³-hybridized carbons (Fsp3) is 0.300. The molecule has 2 aromatic rings. The van der Waals surface area contributed by atoms with Crippen LogP contribution in [0.4, 0.5) is 5.69 Å². The Labute approximate surface area is 157 Å². The maximum atomic E-state index is 12.5. The van der Waals surface area contributed by atoms with Crippen molar-refractivity contribution >= 4 is 29.1 Å². The fourth-order valence-electron chi connectivity index (χ4n) is 3.02. The van der Waals surface area contributed by atoms with Crippen molar-refractivity contribution in [2.24, 2.45) is 0 Å². The van der Waals surface area contributed by atoms with Crippen molar-refractivity contribution in [2.45, 2.75) is 19.3 Å². The van der Waals surface area contributed by atoms with E-state index >= 15 is 0 Å². The number of carbonyl (C=O) groups excluding carboxylic acids is 2. The summed E-state index contributed by atoms with van der Waals surface area (Å²) in [5, 5.41) is 3.29. The Bertz CT molecular complexity index is 799. The Morgan fingerprint density at radius 1 is 1.00 bits per heavy atom. The van der Waals surface area contributed by atoms with Crippen molar-refractivity contribution in [3.8, 4) is 5.75 Å². The number of methoxy groups -OCH3 is 1. The summed E-state index contributed by atoms with van der Waals surface area (Å²) < 4.78 is 5.23. The molecule has 3 rings (SSSR count). The van der Waals surface area contributed by atoms with Crippen LogP contribution in [-0.2, 0) is 0 Å². The van der Waals surface area contributed by atoms with Crippen LogP contribution >= 0.6 is 11.6 Å². The number of hydrogen-bond acceptors (Lipinski definition) is 3. The number of nitrogens with one attached hydrogen (secondary N) is 1. The number of anilines is 1. The van der Waals surface area contributed by atoms with E-state index in [2.05, 4.69) is 5.32 Å². The zero-order chi connectivity index (χ0) is 18.5.